The monoisotopic (exact) mass is 459 g/mol. The van der Waals surface area contributed by atoms with Crippen LogP contribution in [0, 0.1) is 23.0 Å². The number of rotatable bonds is 8. The summed E-state index contributed by atoms with van der Waals surface area (Å²) >= 11 is 0. The van der Waals surface area contributed by atoms with Crippen LogP contribution in [0.3, 0.4) is 0 Å². The maximum absolute atomic E-state index is 12.5. The number of aryl methyl sites for hydroxylation is 1. The molecular formula is C23H29N3O5S. The molecule has 1 N–H and O–H groups in total. The number of carbonyl (C=O) groups is 1. The zero-order valence-electron chi connectivity index (χ0n) is 18.4. The summed E-state index contributed by atoms with van der Waals surface area (Å²) in [7, 11) is -3.70. The van der Waals surface area contributed by atoms with Gasteiger partial charge < -0.3 is 5.32 Å². The highest BCUT2D eigenvalue weighted by Crippen LogP contribution is 2.29. The van der Waals surface area contributed by atoms with E-state index in [1.165, 1.54) is 37.5 Å². The predicted molar refractivity (Wildman–Crippen MR) is 124 cm³/mol. The summed E-state index contributed by atoms with van der Waals surface area (Å²) in [5.41, 5.74) is 1.88. The molecule has 2 aromatic rings. The largest absolute Gasteiger partial charge is 0.352 e. The normalized spacial score (nSPS) is 14.7. The number of nitro benzene ring substituents is 1. The summed E-state index contributed by atoms with van der Waals surface area (Å²) in [5.74, 6) is 0.394. The summed E-state index contributed by atoms with van der Waals surface area (Å²) in [6, 6.07) is 10.9. The zero-order chi connectivity index (χ0) is 23.3. The Bertz CT molecular complexity index is 1080. The lowest BCUT2D eigenvalue weighted by molar-refractivity contribution is -0.384. The van der Waals surface area contributed by atoms with E-state index in [-0.39, 0.29) is 23.8 Å². The number of nitrogens with one attached hydrogen (secondary N) is 1. The second kappa shape index (κ2) is 10.1. The van der Waals surface area contributed by atoms with E-state index >= 15 is 0 Å². The number of benzene rings is 2. The van der Waals surface area contributed by atoms with Crippen molar-refractivity contribution < 1.29 is 18.1 Å². The van der Waals surface area contributed by atoms with Crippen LogP contribution in [0.1, 0.15) is 53.6 Å². The van der Waals surface area contributed by atoms with Crippen LogP contribution in [0.4, 0.5) is 11.4 Å². The lowest BCUT2D eigenvalue weighted by Crippen LogP contribution is -2.31. The molecule has 0 heterocycles. The van der Waals surface area contributed by atoms with Gasteiger partial charge in [0.05, 0.1) is 23.4 Å². The van der Waals surface area contributed by atoms with Gasteiger partial charge in [-0.25, -0.2) is 8.42 Å². The van der Waals surface area contributed by atoms with Crippen LogP contribution >= 0.6 is 0 Å². The van der Waals surface area contributed by atoms with Crippen LogP contribution in [0.2, 0.25) is 0 Å². The van der Waals surface area contributed by atoms with Crippen LogP contribution in [-0.4, -0.2) is 32.0 Å². The van der Waals surface area contributed by atoms with Crippen molar-refractivity contribution in [2.24, 2.45) is 5.92 Å². The minimum absolute atomic E-state index is 0.00478. The van der Waals surface area contributed by atoms with Gasteiger partial charge in [0.1, 0.15) is 0 Å². The summed E-state index contributed by atoms with van der Waals surface area (Å²) in [6.07, 6.45) is 7.08. The van der Waals surface area contributed by atoms with E-state index in [0.29, 0.717) is 29.2 Å². The molecule has 0 bridgehead atoms. The molecule has 0 saturated heterocycles. The average Bonchev–Trinajstić information content (AvgIpc) is 2.76. The fourth-order valence-electron chi connectivity index (χ4n) is 4.02. The first-order valence-corrected chi connectivity index (χ1v) is 12.6. The van der Waals surface area contributed by atoms with E-state index in [1.54, 1.807) is 31.2 Å². The Morgan fingerprint density at radius 2 is 1.78 bits per heavy atom. The van der Waals surface area contributed by atoms with Crippen LogP contribution in [-0.2, 0) is 16.6 Å². The molecule has 1 saturated carbocycles. The molecule has 0 unspecified atom stereocenters. The molecular weight excluding hydrogens is 430 g/mol. The van der Waals surface area contributed by atoms with Crippen LogP contribution in [0.15, 0.2) is 42.5 Å². The molecule has 172 valence electrons. The van der Waals surface area contributed by atoms with Crippen molar-refractivity contribution in [3.05, 3.63) is 69.3 Å². The molecule has 0 radical (unpaired) electrons. The van der Waals surface area contributed by atoms with E-state index in [1.807, 2.05) is 0 Å². The first kappa shape index (κ1) is 23.7. The van der Waals surface area contributed by atoms with E-state index in [2.05, 4.69) is 5.32 Å². The van der Waals surface area contributed by atoms with Gasteiger partial charge in [-0.1, -0.05) is 37.5 Å². The molecule has 0 atom stereocenters. The maximum Gasteiger partial charge on any atom is 0.271 e. The van der Waals surface area contributed by atoms with Crippen molar-refractivity contribution in [3.8, 4) is 0 Å². The smallest absolute Gasteiger partial charge is 0.271 e. The molecule has 0 aliphatic heterocycles. The molecule has 0 aromatic heterocycles. The van der Waals surface area contributed by atoms with Gasteiger partial charge in [-0.2, -0.15) is 0 Å². The molecule has 9 heteroatoms. The van der Waals surface area contributed by atoms with Crippen molar-refractivity contribution in [2.75, 3.05) is 17.1 Å². The van der Waals surface area contributed by atoms with Crippen molar-refractivity contribution in [1.29, 1.82) is 0 Å². The number of nitro groups is 1. The zero-order valence-corrected chi connectivity index (χ0v) is 19.2. The minimum atomic E-state index is -3.70. The Hall–Kier alpha value is -2.94. The number of nitrogens with zero attached hydrogens (tertiary/aromatic N) is 2. The fraction of sp³-hybridized carbons (Fsp3) is 0.435. The van der Waals surface area contributed by atoms with Gasteiger partial charge in [0.2, 0.25) is 10.0 Å². The summed E-state index contributed by atoms with van der Waals surface area (Å²) in [5, 5.41) is 14.1. The highest BCUT2D eigenvalue weighted by Gasteiger charge is 2.22. The third-order valence-corrected chi connectivity index (χ3v) is 7.02. The maximum atomic E-state index is 12.5. The van der Waals surface area contributed by atoms with Crippen LogP contribution in [0.25, 0.3) is 0 Å². The molecule has 32 heavy (non-hydrogen) atoms. The van der Waals surface area contributed by atoms with Crippen molar-refractivity contribution in [1.82, 2.24) is 5.32 Å². The fourth-order valence-corrected chi connectivity index (χ4v) is 4.96. The van der Waals surface area contributed by atoms with E-state index in [0.717, 1.165) is 23.4 Å². The second-order valence-corrected chi connectivity index (χ2v) is 10.3. The van der Waals surface area contributed by atoms with Gasteiger partial charge in [-0.3, -0.25) is 19.2 Å². The van der Waals surface area contributed by atoms with Crippen molar-refractivity contribution in [3.63, 3.8) is 0 Å². The quantitative estimate of drug-likeness (QED) is 0.470. The van der Waals surface area contributed by atoms with Gasteiger partial charge in [-0.05, 0) is 48.9 Å². The Kier molecular flexibility index (Phi) is 7.50. The van der Waals surface area contributed by atoms with Gasteiger partial charge in [0.15, 0.2) is 0 Å². The highest BCUT2D eigenvalue weighted by molar-refractivity contribution is 7.92. The standard InChI is InChI=1S/C23H29N3O5S/c1-17-8-13-21(26(28)29)14-22(17)25(32(2,30)31)16-19-9-11-20(12-10-19)23(27)24-15-18-6-4-3-5-7-18/h8-14,18H,3-7,15-16H2,1-2H3,(H,24,27). The number of non-ortho nitro benzene ring substituents is 1. The van der Waals surface area contributed by atoms with E-state index in [9.17, 15) is 23.3 Å². The lowest BCUT2D eigenvalue weighted by Gasteiger charge is -2.24. The molecule has 1 amide bonds. The SMILES string of the molecule is Cc1ccc([N+](=O)[O-])cc1N(Cc1ccc(C(=O)NCC2CCCCC2)cc1)S(C)(=O)=O. The first-order chi connectivity index (χ1) is 15.1. The minimum Gasteiger partial charge on any atom is -0.352 e. The van der Waals surface area contributed by atoms with Gasteiger partial charge >= 0.3 is 0 Å². The molecule has 1 fully saturated rings. The third-order valence-electron chi connectivity index (χ3n) is 5.89. The van der Waals surface area contributed by atoms with Crippen molar-refractivity contribution >= 4 is 27.3 Å². The van der Waals surface area contributed by atoms with Gasteiger partial charge in [-0.15, -0.1) is 0 Å². The van der Waals surface area contributed by atoms with E-state index in [4.69, 9.17) is 0 Å². The lowest BCUT2D eigenvalue weighted by atomic mass is 9.89. The van der Waals surface area contributed by atoms with Crippen molar-refractivity contribution in [2.45, 2.75) is 45.6 Å². The topological polar surface area (TPSA) is 110 Å². The molecule has 1 aliphatic rings. The molecule has 2 aromatic carbocycles. The average molecular weight is 460 g/mol. The second-order valence-electron chi connectivity index (χ2n) is 8.41. The number of sulfonamides is 1. The number of carbonyl (C=O) groups excluding carboxylic acids is 1. The number of amides is 1. The first-order valence-electron chi connectivity index (χ1n) is 10.7. The Morgan fingerprint density at radius 1 is 1.12 bits per heavy atom. The van der Waals surface area contributed by atoms with Gasteiger partial charge in [0.25, 0.3) is 11.6 Å². The van der Waals surface area contributed by atoms with Gasteiger partial charge in [0, 0.05) is 24.2 Å². The predicted octanol–water partition coefficient (Wildman–Crippen LogP) is 4.18. The Balaban J connectivity index is 1.73. The summed E-state index contributed by atoms with van der Waals surface area (Å²) in [4.78, 5) is 23.1. The number of hydrogen-bond acceptors (Lipinski definition) is 5. The molecule has 1 aliphatic carbocycles. The summed E-state index contributed by atoms with van der Waals surface area (Å²) < 4.78 is 26.1. The molecule has 8 nitrogen and oxygen atoms in total. The van der Waals surface area contributed by atoms with Crippen LogP contribution in [0.5, 0.6) is 0 Å². The number of hydrogen-bond donors (Lipinski definition) is 1. The molecule has 3 rings (SSSR count). The Labute approximate surface area is 188 Å². The van der Waals surface area contributed by atoms with E-state index < -0.39 is 14.9 Å². The van der Waals surface area contributed by atoms with Crippen LogP contribution < -0.4 is 9.62 Å². The number of anilines is 1. The summed E-state index contributed by atoms with van der Waals surface area (Å²) in [6.45, 7) is 2.39. The molecule has 0 spiro atoms. The highest BCUT2D eigenvalue weighted by atomic mass is 32.2. The third kappa shape index (κ3) is 6.06. The Morgan fingerprint density at radius 3 is 2.38 bits per heavy atom.